The fourth-order valence-corrected chi connectivity index (χ4v) is 1.33. The molecule has 0 aliphatic carbocycles. The molecule has 1 heterocycles. The SMILES string of the molecule is [CH2]Oc1cccc2oc(C(C)=O)cc12. The zero-order chi connectivity index (χ0) is 10.1. The predicted octanol–water partition coefficient (Wildman–Crippen LogP) is 2.81. The number of carbonyl (C=O) groups excluding carboxylic acids is 1. The van der Waals surface area contributed by atoms with Crippen LogP contribution in [0.2, 0.25) is 0 Å². The molecule has 0 fully saturated rings. The van der Waals surface area contributed by atoms with E-state index in [0.29, 0.717) is 17.1 Å². The molecule has 0 amide bonds. The van der Waals surface area contributed by atoms with E-state index in [9.17, 15) is 4.79 Å². The Morgan fingerprint density at radius 1 is 1.50 bits per heavy atom. The lowest BCUT2D eigenvalue weighted by molar-refractivity contribution is 0.0989. The molecule has 71 valence electrons. The van der Waals surface area contributed by atoms with Gasteiger partial charge in [0.15, 0.2) is 11.5 Å². The molecule has 3 nitrogen and oxygen atoms in total. The monoisotopic (exact) mass is 189 g/mol. The second-order valence-corrected chi connectivity index (χ2v) is 2.98. The summed E-state index contributed by atoms with van der Waals surface area (Å²) in [5.41, 5.74) is 0.636. The van der Waals surface area contributed by atoms with Crippen LogP contribution in [0.3, 0.4) is 0 Å². The molecule has 0 unspecified atom stereocenters. The molecule has 0 bridgehead atoms. The Labute approximate surface area is 81.3 Å². The number of Topliss-reactive ketones (excluding diaryl/α,β-unsaturated/α-hetero) is 1. The van der Waals surface area contributed by atoms with Crippen molar-refractivity contribution in [2.24, 2.45) is 0 Å². The van der Waals surface area contributed by atoms with Gasteiger partial charge in [0.2, 0.25) is 0 Å². The van der Waals surface area contributed by atoms with E-state index in [1.54, 1.807) is 24.3 Å². The van der Waals surface area contributed by atoms with Gasteiger partial charge in [-0.25, -0.2) is 0 Å². The molecule has 0 N–H and O–H groups in total. The van der Waals surface area contributed by atoms with Crippen molar-refractivity contribution in [1.82, 2.24) is 0 Å². The Bertz CT molecular complexity index is 482. The van der Waals surface area contributed by atoms with Crippen LogP contribution in [0.1, 0.15) is 17.5 Å². The molecule has 0 aliphatic rings. The first-order chi connectivity index (χ1) is 6.72. The highest BCUT2D eigenvalue weighted by Crippen LogP contribution is 2.28. The van der Waals surface area contributed by atoms with Crippen molar-refractivity contribution >= 4 is 16.8 Å². The van der Waals surface area contributed by atoms with Gasteiger partial charge >= 0.3 is 0 Å². The van der Waals surface area contributed by atoms with Crippen LogP contribution in [-0.4, -0.2) is 5.78 Å². The van der Waals surface area contributed by atoms with Gasteiger partial charge in [0.1, 0.15) is 18.4 Å². The Morgan fingerprint density at radius 3 is 2.93 bits per heavy atom. The minimum absolute atomic E-state index is 0.101. The normalized spacial score (nSPS) is 10.4. The number of hydrogen-bond donors (Lipinski definition) is 0. The van der Waals surface area contributed by atoms with Gasteiger partial charge in [-0.15, -0.1) is 0 Å². The molecule has 3 heteroatoms. The molecular weight excluding hydrogens is 180 g/mol. The summed E-state index contributed by atoms with van der Waals surface area (Å²) in [5.74, 6) is 0.847. The highest BCUT2D eigenvalue weighted by Gasteiger charge is 2.10. The summed E-state index contributed by atoms with van der Waals surface area (Å²) in [6.45, 7) is 1.46. The third-order valence-corrected chi connectivity index (χ3v) is 2.02. The van der Waals surface area contributed by atoms with Crippen molar-refractivity contribution in [1.29, 1.82) is 0 Å². The lowest BCUT2D eigenvalue weighted by atomic mass is 10.2. The van der Waals surface area contributed by atoms with Gasteiger partial charge in [0.25, 0.3) is 0 Å². The second kappa shape index (κ2) is 3.18. The molecule has 0 spiro atoms. The van der Waals surface area contributed by atoms with Crippen molar-refractivity contribution in [3.63, 3.8) is 0 Å². The minimum atomic E-state index is -0.101. The summed E-state index contributed by atoms with van der Waals surface area (Å²) in [6.07, 6.45) is 0. The molecule has 1 aromatic heterocycles. The Kier molecular flexibility index (Phi) is 2.00. The third kappa shape index (κ3) is 1.27. The number of ether oxygens (including phenoxy) is 1. The van der Waals surface area contributed by atoms with E-state index < -0.39 is 0 Å². The molecule has 1 aromatic carbocycles. The number of benzene rings is 1. The summed E-state index contributed by atoms with van der Waals surface area (Å²) in [6, 6.07) is 7.01. The van der Waals surface area contributed by atoms with Crippen LogP contribution < -0.4 is 4.74 Å². The van der Waals surface area contributed by atoms with E-state index in [1.807, 2.05) is 0 Å². The van der Waals surface area contributed by atoms with Gasteiger partial charge in [0, 0.05) is 6.92 Å². The number of carbonyl (C=O) groups is 1. The van der Waals surface area contributed by atoms with Crippen LogP contribution in [0.5, 0.6) is 5.75 Å². The molecular formula is C11H9O3. The van der Waals surface area contributed by atoms with Crippen molar-refractivity contribution in [2.45, 2.75) is 6.92 Å². The molecule has 14 heavy (non-hydrogen) atoms. The van der Waals surface area contributed by atoms with Gasteiger partial charge in [-0.2, -0.15) is 0 Å². The molecule has 0 saturated carbocycles. The first-order valence-electron chi connectivity index (χ1n) is 4.18. The van der Waals surface area contributed by atoms with Gasteiger partial charge in [-0.05, 0) is 18.2 Å². The first kappa shape index (κ1) is 8.81. The summed E-state index contributed by atoms with van der Waals surface area (Å²) >= 11 is 0. The summed E-state index contributed by atoms with van der Waals surface area (Å²) in [4.78, 5) is 11.1. The Hall–Kier alpha value is -1.77. The van der Waals surface area contributed by atoms with Crippen LogP contribution in [0, 0.1) is 7.11 Å². The average Bonchev–Trinajstić information content (AvgIpc) is 2.60. The van der Waals surface area contributed by atoms with E-state index in [4.69, 9.17) is 9.15 Å². The van der Waals surface area contributed by atoms with E-state index >= 15 is 0 Å². The van der Waals surface area contributed by atoms with Crippen molar-refractivity contribution in [3.8, 4) is 5.75 Å². The van der Waals surface area contributed by atoms with Crippen LogP contribution in [0.15, 0.2) is 28.7 Å². The van der Waals surface area contributed by atoms with Gasteiger partial charge in [-0.3, -0.25) is 4.79 Å². The lowest BCUT2D eigenvalue weighted by Crippen LogP contribution is -1.85. The van der Waals surface area contributed by atoms with Crippen molar-refractivity contribution < 1.29 is 13.9 Å². The quantitative estimate of drug-likeness (QED) is 0.682. The number of furan rings is 1. The highest BCUT2D eigenvalue weighted by molar-refractivity contribution is 5.97. The summed E-state index contributed by atoms with van der Waals surface area (Å²) < 4.78 is 10.2. The van der Waals surface area contributed by atoms with E-state index in [1.165, 1.54) is 6.92 Å². The topological polar surface area (TPSA) is 39.4 Å². The van der Waals surface area contributed by atoms with Crippen LogP contribution in [0.4, 0.5) is 0 Å². The van der Waals surface area contributed by atoms with Gasteiger partial charge < -0.3 is 9.15 Å². The second-order valence-electron chi connectivity index (χ2n) is 2.98. The van der Waals surface area contributed by atoms with Crippen LogP contribution in [-0.2, 0) is 0 Å². The summed E-state index contributed by atoms with van der Waals surface area (Å²) in [5, 5.41) is 0.771. The van der Waals surface area contributed by atoms with Crippen molar-refractivity contribution in [3.05, 3.63) is 37.1 Å². The maximum atomic E-state index is 11.1. The number of rotatable bonds is 2. The zero-order valence-electron chi connectivity index (χ0n) is 7.74. The smallest absolute Gasteiger partial charge is 0.194 e. The van der Waals surface area contributed by atoms with Crippen LogP contribution >= 0.6 is 0 Å². The fourth-order valence-electron chi connectivity index (χ4n) is 1.33. The largest absolute Gasteiger partial charge is 0.489 e. The molecule has 0 aliphatic heterocycles. The van der Waals surface area contributed by atoms with E-state index in [0.717, 1.165) is 5.39 Å². The van der Waals surface area contributed by atoms with Gasteiger partial charge in [-0.1, -0.05) is 6.07 Å². The Balaban J connectivity index is 2.70. The molecule has 0 atom stereocenters. The molecule has 2 rings (SSSR count). The highest BCUT2D eigenvalue weighted by atomic mass is 16.5. The molecule has 0 saturated heterocycles. The summed E-state index contributed by atoms with van der Waals surface area (Å²) in [7, 11) is 3.33. The zero-order valence-corrected chi connectivity index (χ0v) is 7.74. The maximum absolute atomic E-state index is 11.1. The van der Waals surface area contributed by atoms with Gasteiger partial charge in [0.05, 0.1) is 5.39 Å². The first-order valence-corrected chi connectivity index (χ1v) is 4.18. The number of ketones is 1. The number of hydrogen-bond acceptors (Lipinski definition) is 3. The minimum Gasteiger partial charge on any atom is -0.489 e. The third-order valence-electron chi connectivity index (χ3n) is 2.02. The lowest BCUT2D eigenvalue weighted by Gasteiger charge is -1.97. The van der Waals surface area contributed by atoms with E-state index in [-0.39, 0.29) is 5.78 Å². The maximum Gasteiger partial charge on any atom is 0.194 e. The Morgan fingerprint density at radius 2 is 2.29 bits per heavy atom. The van der Waals surface area contributed by atoms with Crippen LogP contribution in [0.25, 0.3) is 11.0 Å². The molecule has 1 radical (unpaired) electrons. The van der Waals surface area contributed by atoms with Crippen molar-refractivity contribution in [2.75, 3.05) is 0 Å². The predicted molar refractivity (Wildman–Crippen MR) is 52.2 cm³/mol. The average molecular weight is 189 g/mol. The fraction of sp³-hybridized carbons (Fsp3) is 0.0909. The standard InChI is InChI=1S/C11H9O3/c1-7(12)11-6-8-9(13-2)4-3-5-10(8)14-11/h3-6H,2H2,1H3. The number of fused-ring (bicyclic) bond motifs is 1. The van der Waals surface area contributed by atoms with E-state index in [2.05, 4.69) is 7.11 Å². The molecule has 2 aromatic rings.